The van der Waals surface area contributed by atoms with Gasteiger partial charge in [0.1, 0.15) is 5.75 Å². The van der Waals surface area contributed by atoms with E-state index in [2.05, 4.69) is 29.4 Å². The van der Waals surface area contributed by atoms with Gasteiger partial charge in [0.15, 0.2) is 5.11 Å². The lowest BCUT2D eigenvalue weighted by atomic mass is 10.2. The molecule has 1 amide bonds. The monoisotopic (exact) mass is 383 g/mol. The van der Waals surface area contributed by atoms with Crippen molar-refractivity contribution in [3.63, 3.8) is 0 Å². The molecule has 0 radical (unpaired) electrons. The van der Waals surface area contributed by atoms with Crippen molar-refractivity contribution in [2.75, 3.05) is 30.4 Å². The van der Waals surface area contributed by atoms with Gasteiger partial charge in [-0.2, -0.15) is 0 Å². The molecule has 0 aliphatic carbocycles. The lowest BCUT2D eigenvalue weighted by Gasteiger charge is -2.21. The van der Waals surface area contributed by atoms with Crippen molar-refractivity contribution in [2.24, 2.45) is 0 Å². The Morgan fingerprint density at radius 1 is 1.11 bits per heavy atom. The van der Waals surface area contributed by atoms with E-state index in [0.717, 1.165) is 30.0 Å². The summed E-state index contributed by atoms with van der Waals surface area (Å²) in [5.41, 5.74) is 2.80. The van der Waals surface area contributed by atoms with E-state index in [1.165, 1.54) is 6.08 Å². The Balaban J connectivity index is 1.91. The van der Waals surface area contributed by atoms with Crippen LogP contribution in [0, 0.1) is 0 Å². The molecular weight excluding hydrogens is 358 g/mol. The number of nitrogens with zero attached hydrogens (tertiary/aromatic N) is 1. The Morgan fingerprint density at radius 3 is 2.41 bits per heavy atom. The van der Waals surface area contributed by atoms with Gasteiger partial charge in [0.25, 0.3) is 0 Å². The second-order valence-corrected chi connectivity index (χ2v) is 6.15. The highest BCUT2D eigenvalue weighted by Gasteiger charge is 2.05. The number of rotatable bonds is 7. The molecule has 0 spiro atoms. The number of para-hydroxylation sites is 1. The van der Waals surface area contributed by atoms with Crippen LogP contribution in [0.25, 0.3) is 6.08 Å². The summed E-state index contributed by atoms with van der Waals surface area (Å²) in [6, 6.07) is 15.4. The number of ether oxygens (including phenoxy) is 1. The second-order valence-electron chi connectivity index (χ2n) is 5.74. The number of hydrogen-bond donors (Lipinski definition) is 2. The molecule has 2 aromatic carbocycles. The fourth-order valence-corrected chi connectivity index (χ4v) is 2.85. The number of carbonyl (C=O) groups is 1. The van der Waals surface area contributed by atoms with Crippen LogP contribution < -0.4 is 20.3 Å². The summed E-state index contributed by atoms with van der Waals surface area (Å²) in [5.74, 6) is 0.397. The largest absolute Gasteiger partial charge is 0.496 e. The van der Waals surface area contributed by atoms with Crippen molar-refractivity contribution in [1.29, 1.82) is 0 Å². The van der Waals surface area contributed by atoms with Gasteiger partial charge in [0, 0.05) is 36.1 Å². The standard InChI is InChI=1S/C21H25N3O2S/c1-4-24(5-2)18-13-11-17(12-14-18)22-21(27)23-20(25)15-10-16-8-6-7-9-19(16)26-3/h6-15H,4-5H2,1-3H3,(H2,22,23,25,27)/b15-10+. The third kappa shape index (κ3) is 6.11. The van der Waals surface area contributed by atoms with Crippen molar-refractivity contribution in [2.45, 2.75) is 13.8 Å². The summed E-state index contributed by atoms with van der Waals surface area (Å²) in [6.45, 7) is 6.16. The van der Waals surface area contributed by atoms with Gasteiger partial charge in [0.05, 0.1) is 7.11 Å². The first-order valence-electron chi connectivity index (χ1n) is 8.85. The second kappa shape index (κ2) is 10.3. The van der Waals surface area contributed by atoms with Crippen molar-refractivity contribution >= 4 is 40.7 Å². The molecule has 2 rings (SSSR count). The first-order chi connectivity index (χ1) is 13.1. The fraction of sp³-hybridized carbons (Fsp3) is 0.238. The molecule has 2 aromatic rings. The molecule has 0 aliphatic rings. The van der Waals surface area contributed by atoms with Gasteiger partial charge < -0.3 is 15.0 Å². The van der Waals surface area contributed by atoms with Crippen LogP contribution in [0.1, 0.15) is 19.4 Å². The number of methoxy groups -OCH3 is 1. The smallest absolute Gasteiger partial charge is 0.250 e. The molecule has 5 nitrogen and oxygen atoms in total. The summed E-state index contributed by atoms with van der Waals surface area (Å²) >= 11 is 5.21. The first-order valence-corrected chi connectivity index (χ1v) is 9.26. The Hall–Kier alpha value is -2.86. The van der Waals surface area contributed by atoms with E-state index in [1.54, 1.807) is 13.2 Å². The van der Waals surface area contributed by atoms with Crippen LogP contribution in [0.15, 0.2) is 54.6 Å². The van der Waals surface area contributed by atoms with Crippen molar-refractivity contribution in [3.05, 3.63) is 60.2 Å². The van der Waals surface area contributed by atoms with Gasteiger partial charge in [-0.15, -0.1) is 0 Å². The maximum absolute atomic E-state index is 12.1. The maximum atomic E-state index is 12.1. The van der Waals surface area contributed by atoms with Crippen LogP contribution >= 0.6 is 12.2 Å². The van der Waals surface area contributed by atoms with Gasteiger partial charge in [-0.25, -0.2) is 0 Å². The highest BCUT2D eigenvalue weighted by Crippen LogP contribution is 2.19. The fourth-order valence-electron chi connectivity index (χ4n) is 2.63. The van der Waals surface area contributed by atoms with Crippen LogP contribution in [0.4, 0.5) is 11.4 Å². The average Bonchev–Trinajstić information content (AvgIpc) is 2.68. The lowest BCUT2D eigenvalue weighted by Crippen LogP contribution is -2.32. The van der Waals surface area contributed by atoms with Gasteiger partial charge in [-0.3, -0.25) is 10.1 Å². The van der Waals surface area contributed by atoms with Gasteiger partial charge in [0.2, 0.25) is 5.91 Å². The number of thiocarbonyl (C=S) groups is 1. The molecule has 27 heavy (non-hydrogen) atoms. The summed E-state index contributed by atoms with van der Waals surface area (Å²) in [7, 11) is 1.59. The molecule has 142 valence electrons. The van der Waals surface area contributed by atoms with E-state index >= 15 is 0 Å². The van der Waals surface area contributed by atoms with Crippen LogP contribution in [-0.4, -0.2) is 31.2 Å². The van der Waals surface area contributed by atoms with Crippen LogP contribution in [0.3, 0.4) is 0 Å². The minimum absolute atomic E-state index is 0.250. The molecule has 0 saturated heterocycles. The number of hydrogen-bond acceptors (Lipinski definition) is 4. The molecule has 2 N–H and O–H groups in total. The molecule has 0 unspecified atom stereocenters. The van der Waals surface area contributed by atoms with Crippen LogP contribution in [0.2, 0.25) is 0 Å². The Labute approximate surface area is 166 Å². The highest BCUT2D eigenvalue weighted by atomic mass is 32.1. The zero-order chi connectivity index (χ0) is 19.6. The third-order valence-electron chi connectivity index (χ3n) is 4.04. The van der Waals surface area contributed by atoms with E-state index in [1.807, 2.05) is 48.5 Å². The number of nitrogens with one attached hydrogen (secondary N) is 2. The van der Waals surface area contributed by atoms with E-state index in [0.29, 0.717) is 5.75 Å². The molecule has 0 saturated carbocycles. The molecular formula is C21H25N3O2S. The number of benzene rings is 2. The summed E-state index contributed by atoms with van der Waals surface area (Å²) in [6.07, 6.45) is 3.12. The summed E-state index contributed by atoms with van der Waals surface area (Å²) < 4.78 is 5.26. The Bertz CT molecular complexity index is 799. The lowest BCUT2D eigenvalue weighted by molar-refractivity contribution is -0.115. The zero-order valence-electron chi connectivity index (χ0n) is 15.9. The van der Waals surface area contributed by atoms with Crippen molar-refractivity contribution in [1.82, 2.24) is 5.32 Å². The minimum Gasteiger partial charge on any atom is -0.496 e. The van der Waals surface area contributed by atoms with E-state index in [4.69, 9.17) is 17.0 Å². The minimum atomic E-state index is -0.307. The maximum Gasteiger partial charge on any atom is 0.250 e. The SMILES string of the molecule is CCN(CC)c1ccc(NC(=S)NC(=O)/C=C/c2ccccc2OC)cc1. The normalized spacial score (nSPS) is 10.5. The molecule has 0 atom stereocenters. The quantitative estimate of drug-likeness (QED) is 0.558. The van der Waals surface area contributed by atoms with Crippen molar-refractivity contribution < 1.29 is 9.53 Å². The third-order valence-corrected chi connectivity index (χ3v) is 4.25. The molecule has 0 aliphatic heterocycles. The summed E-state index contributed by atoms with van der Waals surface area (Å²) in [5, 5.41) is 5.91. The highest BCUT2D eigenvalue weighted by molar-refractivity contribution is 7.80. The van der Waals surface area contributed by atoms with Crippen LogP contribution in [0.5, 0.6) is 5.75 Å². The molecule has 0 heterocycles. The molecule has 6 heteroatoms. The topological polar surface area (TPSA) is 53.6 Å². The molecule has 0 aromatic heterocycles. The predicted octanol–water partition coefficient (Wildman–Crippen LogP) is 4.07. The van der Waals surface area contributed by atoms with Gasteiger partial charge in [-0.1, -0.05) is 18.2 Å². The average molecular weight is 384 g/mol. The first kappa shape index (κ1) is 20.5. The number of amides is 1. The van der Waals surface area contributed by atoms with Gasteiger partial charge in [-0.05, 0) is 62.5 Å². The Morgan fingerprint density at radius 2 is 1.78 bits per heavy atom. The zero-order valence-corrected chi connectivity index (χ0v) is 16.7. The van der Waals surface area contributed by atoms with E-state index in [-0.39, 0.29) is 11.0 Å². The summed E-state index contributed by atoms with van der Waals surface area (Å²) in [4.78, 5) is 14.3. The Kier molecular flexibility index (Phi) is 7.82. The molecule has 0 fully saturated rings. The van der Waals surface area contributed by atoms with E-state index in [9.17, 15) is 4.79 Å². The molecule has 0 bridgehead atoms. The number of carbonyl (C=O) groups excluding carboxylic acids is 1. The number of anilines is 2. The van der Waals surface area contributed by atoms with Gasteiger partial charge >= 0.3 is 0 Å². The van der Waals surface area contributed by atoms with Crippen molar-refractivity contribution in [3.8, 4) is 5.75 Å². The van der Waals surface area contributed by atoms with E-state index < -0.39 is 0 Å². The van der Waals surface area contributed by atoms with Crippen LogP contribution in [-0.2, 0) is 4.79 Å². The predicted molar refractivity (Wildman–Crippen MR) is 116 cm³/mol.